The zero-order chi connectivity index (χ0) is 35.0. The SMILES string of the molecule is CC(=O)NCCCCCC(=O)Nc1cccc([C@@H]2O[C@H](CN3CCC(n4c(=O)[nH]c5ccccc54)CC3)[C@H](C)[C@H](c3ccc(CO)cc3)O2)c1. The molecule has 4 atom stereocenters. The predicted molar refractivity (Wildman–Crippen MR) is 192 cm³/mol. The van der Waals surface area contributed by atoms with Crippen molar-refractivity contribution in [2.45, 2.75) is 83.5 Å². The molecule has 0 saturated carbocycles. The molecule has 4 aromatic rings. The van der Waals surface area contributed by atoms with Gasteiger partial charge in [-0.15, -0.1) is 0 Å². The Morgan fingerprint density at radius 3 is 2.48 bits per heavy atom. The number of piperidine rings is 1. The summed E-state index contributed by atoms with van der Waals surface area (Å²) in [5.74, 6) is -0.0613. The van der Waals surface area contributed by atoms with E-state index in [4.69, 9.17) is 9.47 Å². The molecule has 2 aliphatic rings. The molecule has 2 amide bonds. The van der Waals surface area contributed by atoms with Gasteiger partial charge in [0.2, 0.25) is 11.8 Å². The van der Waals surface area contributed by atoms with Crippen molar-refractivity contribution in [3.05, 3.63) is 100.0 Å². The Kier molecular flexibility index (Phi) is 11.8. The number of unbranched alkanes of at least 4 members (excludes halogenated alkanes) is 2. The van der Waals surface area contributed by atoms with E-state index >= 15 is 0 Å². The summed E-state index contributed by atoms with van der Waals surface area (Å²) < 4.78 is 15.3. The van der Waals surface area contributed by atoms with Gasteiger partial charge < -0.3 is 35.1 Å². The average molecular weight is 684 g/mol. The van der Waals surface area contributed by atoms with E-state index in [1.165, 1.54) is 6.92 Å². The lowest BCUT2D eigenvalue weighted by Crippen LogP contribution is -2.47. The van der Waals surface area contributed by atoms with E-state index in [0.29, 0.717) is 18.7 Å². The first-order chi connectivity index (χ1) is 24.3. The molecule has 0 aliphatic carbocycles. The van der Waals surface area contributed by atoms with Crippen LogP contribution in [-0.2, 0) is 25.7 Å². The highest BCUT2D eigenvalue weighted by atomic mass is 16.7. The van der Waals surface area contributed by atoms with Crippen LogP contribution in [0.15, 0.2) is 77.6 Å². The maximum Gasteiger partial charge on any atom is 0.326 e. The highest BCUT2D eigenvalue weighted by molar-refractivity contribution is 5.90. The number of rotatable bonds is 13. The molecule has 0 unspecified atom stereocenters. The number of amides is 2. The van der Waals surface area contributed by atoms with Gasteiger partial charge in [-0.2, -0.15) is 0 Å². The third-order valence-corrected chi connectivity index (χ3v) is 10.0. The third-order valence-electron chi connectivity index (χ3n) is 10.0. The molecule has 1 aromatic heterocycles. The fourth-order valence-corrected chi connectivity index (χ4v) is 7.22. The summed E-state index contributed by atoms with van der Waals surface area (Å²) in [5, 5.41) is 15.4. The Labute approximate surface area is 293 Å². The maximum absolute atomic E-state index is 12.9. The number of aromatic nitrogens is 2. The highest BCUT2D eigenvalue weighted by Gasteiger charge is 2.39. The average Bonchev–Trinajstić information content (AvgIpc) is 3.46. The molecule has 11 nitrogen and oxygen atoms in total. The Morgan fingerprint density at radius 2 is 1.72 bits per heavy atom. The molecule has 4 N–H and O–H groups in total. The van der Waals surface area contributed by atoms with Gasteiger partial charge in [-0.3, -0.25) is 14.2 Å². The summed E-state index contributed by atoms with van der Waals surface area (Å²) >= 11 is 0. The number of carbonyl (C=O) groups is 2. The summed E-state index contributed by atoms with van der Waals surface area (Å²) in [6.07, 6.45) is 3.54. The first kappa shape index (κ1) is 35.5. The van der Waals surface area contributed by atoms with Gasteiger partial charge in [0.05, 0.1) is 29.8 Å². The van der Waals surface area contributed by atoms with Gasteiger partial charge >= 0.3 is 5.69 Å². The molecular formula is C39H49N5O6. The van der Waals surface area contributed by atoms with Crippen LogP contribution in [0.4, 0.5) is 5.69 Å². The second-order valence-electron chi connectivity index (χ2n) is 13.6. The Morgan fingerprint density at radius 1 is 0.940 bits per heavy atom. The van der Waals surface area contributed by atoms with E-state index in [-0.39, 0.29) is 48.3 Å². The van der Waals surface area contributed by atoms with E-state index in [2.05, 4.69) is 27.4 Å². The molecule has 11 heteroatoms. The van der Waals surface area contributed by atoms with E-state index in [9.17, 15) is 19.5 Å². The second-order valence-corrected chi connectivity index (χ2v) is 13.6. The fourth-order valence-electron chi connectivity index (χ4n) is 7.22. The molecule has 3 heterocycles. The number of hydrogen-bond donors (Lipinski definition) is 4. The topological polar surface area (TPSA) is 138 Å². The molecular weight excluding hydrogens is 634 g/mol. The molecule has 266 valence electrons. The number of H-pyrrole nitrogens is 1. The number of ether oxygens (including phenoxy) is 2. The normalized spacial score (nSPS) is 21.7. The maximum atomic E-state index is 12.9. The Balaban J connectivity index is 1.12. The van der Waals surface area contributed by atoms with Crippen LogP contribution in [0.25, 0.3) is 11.0 Å². The van der Waals surface area contributed by atoms with E-state index in [1.54, 1.807) is 0 Å². The van der Waals surface area contributed by atoms with E-state index in [0.717, 1.165) is 79.5 Å². The van der Waals surface area contributed by atoms with Gasteiger partial charge in [-0.05, 0) is 61.1 Å². The van der Waals surface area contributed by atoms with Gasteiger partial charge in [-0.1, -0.05) is 61.9 Å². The number of aliphatic hydroxyl groups is 1. The lowest BCUT2D eigenvalue weighted by Gasteiger charge is -2.44. The summed E-state index contributed by atoms with van der Waals surface area (Å²) in [6.45, 7) is 6.68. The molecule has 2 saturated heterocycles. The van der Waals surface area contributed by atoms with Crippen molar-refractivity contribution in [1.82, 2.24) is 19.8 Å². The Hall–Kier alpha value is -4.29. The van der Waals surface area contributed by atoms with Crippen LogP contribution in [0, 0.1) is 5.92 Å². The smallest absolute Gasteiger partial charge is 0.326 e. The van der Waals surface area contributed by atoms with Crippen LogP contribution < -0.4 is 16.3 Å². The van der Waals surface area contributed by atoms with Crippen LogP contribution in [-0.4, -0.2) is 63.7 Å². The van der Waals surface area contributed by atoms with E-state index < -0.39 is 6.29 Å². The monoisotopic (exact) mass is 683 g/mol. The number of imidazole rings is 1. The fraction of sp³-hybridized carbons (Fsp3) is 0.462. The van der Waals surface area contributed by atoms with Crippen molar-refractivity contribution in [3.8, 4) is 0 Å². The van der Waals surface area contributed by atoms with Gasteiger partial charge in [0.25, 0.3) is 0 Å². The molecule has 6 rings (SSSR count). The number of hydrogen-bond acceptors (Lipinski definition) is 7. The van der Waals surface area contributed by atoms with Gasteiger partial charge in [0.15, 0.2) is 6.29 Å². The number of anilines is 1. The number of aliphatic hydroxyl groups excluding tert-OH is 1. The summed E-state index contributed by atoms with van der Waals surface area (Å²) in [4.78, 5) is 42.1. The Bertz CT molecular complexity index is 1790. The minimum absolute atomic E-state index is 0.0219. The largest absolute Gasteiger partial charge is 0.392 e. The van der Waals surface area contributed by atoms with E-state index in [1.807, 2.05) is 77.4 Å². The van der Waals surface area contributed by atoms with Crippen molar-refractivity contribution in [2.24, 2.45) is 5.92 Å². The number of likely N-dealkylation sites (tertiary alicyclic amines) is 1. The zero-order valence-electron chi connectivity index (χ0n) is 29.0. The first-order valence-electron chi connectivity index (χ1n) is 17.9. The molecule has 3 aromatic carbocycles. The number of nitrogens with zero attached hydrogens (tertiary/aromatic N) is 2. The van der Waals surface area contributed by atoms with Crippen LogP contribution in [0.5, 0.6) is 0 Å². The molecule has 50 heavy (non-hydrogen) atoms. The lowest BCUT2D eigenvalue weighted by atomic mass is 9.89. The van der Waals surface area contributed by atoms with Crippen molar-refractivity contribution in [1.29, 1.82) is 0 Å². The van der Waals surface area contributed by atoms with Crippen LogP contribution in [0.2, 0.25) is 0 Å². The minimum Gasteiger partial charge on any atom is -0.392 e. The predicted octanol–water partition coefficient (Wildman–Crippen LogP) is 5.59. The summed E-state index contributed by atoms with van der Waals surface area (Å²) in [7, 11) is 0. The molecule has 2 fully saturated rings. The van der Waals surface area contributed by atoms with Crippen molar-refractivity contribution >= 4 is 28.5 Å². The lowest BCUT2D eigenvalue weighted by molar-refractivity contribution is -0.276. The highest BCUT2D eigenvalue weighted by Crippen LogP contribution is 2.42. The molecule has 0 spiro atoms. The zero-order valence-corrected chi connectivity index (χ0v) is 29.0. The van der Waals surface area contributed by atoms with Crippen LogP contribution >= 0.6 is 0 Å². The van der Waals surface area contributed by atoms with Crippen molar-refractivity contribution < 1.29 is 24.2 Å². The number of benzene rings is 3. The van der Waals surface area contributed by atoms with Crippen LogP contribution in [0.3, 0.4) is 0 Å². The van der Waals surface area contributed by atoms with Crippen LogP contribution in [0.1, 0.15) is 87.5 Å². The number of para-hydroxylation sites is 2. The third kappa shape index (κ3) is 8.70. The minimum atomic E-state index is -0.647. The summed E-state index contributed by atoms with van der Waals surface area (Å²) in [5.41, 5.74) is 5.14. The number of carbonyl (C=O) groups excluding carboxylic acids is 2. The molecule has 0 bridgehead atoms. The second kappa shape index (κ2) is 16.6. The van der Waals surface area contributed by atoms with Crippen molar-refractivity contribution in [3.63, 3.8) is 0 Å². The van der Waals surface area contributed by atoms with Crippen molar-refractivity contribution in [2.75, 3.05) is 31.5 Å². The first-order valence-corrected chi connectivity index (χ1v) is 17.9. The number of aromatic amines is 1. The van der Waals surface area contributed by atoms with Gasteiger partial charge in [0.1, 0.15) is 0 Å². The number of fused-ring (bicyclic) bond motifs is 1. The summed E-state index contributed by atoms with van der Waals surface area (Å²) in [6, 6.07) is 23.5. The van der Waals surface area contributed by atoms with Gasteiger partial charge in [0, 0.05) is 62.7 Å². The quantitative estimate of drug-likeness (QED) is 0.135. The number of nitrogens with one attached hydrogen (secondary N) is 3. The van der Waals surface area contributed by atoms with Gasteiger partial charge in [-0.25, -0.2) is 4.79 Å². The molecule has 0 radical (unpaired) electrons. The standard InChI is InChI=1S/C39H49N5O6/c1-26-35(24-43-21-18-32(19-22-43)44-34-12-6-5-11-33(34)42-39(44)48)49-38(50-37(26)29-16-14-28(25-45)15-17-29)30-9-8-10-31(23-30)41-36(47)13-4-3-7-20-40-27(2)46/h5-6,8-12,14-17,23,26,32,35,37-38,45H,3-4,7,13,18-22,24-25H2,1-2H3,(H,40,46)(H,41,47)(H,42,48)/t26-,35+,37+,38+/m0/s1. The molecule has 2 aliphatic heterocycles.